The van der Waals surface area contributed by atoms with E-state index in [1.807, 2.05) is 25.8 Å². The van der Waals surface area contributed by atoms with Crippen LogP contribution in [0.4, 0.5) is 0 Å². The van der Waals surface area contributed by atoms with Crippen molar-refractivity contribution in [1.82, 2.24) is 29.9 Å². The third-order valence-electron chi connectivity index (χ3n) is 4.25. The Bertz CT molecular complexity index is 645. The summed E-state index contributed by atoms with van der Waals surface area (Å²) in [6, 6.07) is 0. The molecule has 7 nitrogen and oxygen atoms in total. The number of amides is 1. The minimum absolute atomic E-state index is 0.0716. The van der Waals surface area contributed by atoms with Crippen LogP contribution in [0.5, 0.6) is 0 Å². The van der Waals surface area contributed by atoms with Crippen LogP contribution in [0.15, 0.2) is 6.33 Å². The number of hydrogen-bond donors (Lipinski definition) is 1. The molecule has 21 heavy (non-hydrogen) atoms. The quantitative estimate of drug-likeness (QED) is 0.899. The molecule has 0 aromatic carbocycles. The molecule has 1 amide bonds. The Morgan fingerprint density at radius 2 is 2.24 bits per heavy atom. The molecule has 0 saturated carbocycles. The van der Waals surface area contributed by atoms with Crippen molar-refractivity contribution >= 4 is 5.91 Å². The van der Waals surface area contributed by atoms with E-state index in [0.717, 1.165) is 42.2 Å². The number of aryl methyl sites for hydroxylation is 2. The van der Waals surface area contributed by atoms with Gasteiger partial charge in [0.2, 0.25) is 0 Å². The number of rotatable bonds is 2. The number of hydrogen-bond acceptors (Lipinski definition) is 4. The first kappa shape index (κ1) is 13.8. The highest BCUT2D eigenvalue weighted by molar-refractivity contribution is 5.96. The molecular formula is C14H20N6O. The van der Waals surface area contributed by atoms with Crippen molar-refractivity contribution in [2.24, 2.45) is 7.05 Å². The van der Waals surface area contributed by atoms with Gasteiger partial charge in [-0.2, -0.15) is 10.2 Å². The number of aromatic nitrogens is 5. The van der Waals surface area contributed by atoms with E-state index in [1.54, 1.807) is 4.68 Å². The molecule has 1 aliphatic heterocycles. The predicted octanol–water partition coefficient (Wildman–Crippen LogP) is 1.17. The van der Waals surface area contributed by atoms with Crippen LogP contribution in [0.25, 0.3) is 0 Å². The van der Waals surface area contributed by atoms with Gasteiger partial charge in [-0.1, -0.05) is 0 Å². The molecule has 1 N–H and O–H groups in total. The molecule has 1 fully saturated rings. The topological polar surface area (TPSA) is 79.7 Å². The molecule has 3 heterocycles. The van der Waals surface area contributed by atoms with Crippen molar-refractivity contribution < 1.29 is 4.79 Å². The molecule has 0 spiro atoms. The highest BCUT2D eigenvalue weighted by Crippen LogP contribution is 2.26. The van der Waals surface area contributed by atoms with Crippen molar-refractivity contribution in [3.05, 3.63) is 29.1 Å². The van der Waals surface area contributed by atoms with E-state index in [2.05, 4.69) is 20.3 Å². The number of likely N-dealkylation sites (tertiary alicyclic amines) is 1. The Hall–Kier alpha value is -2.18. The van der Waals surface area contributed by atoms with E-state index in [1.165, 1.54) is 6.33 Å². The third-order valence-corrected chi connectivity index (χ3v) is 4.25. The summed E-state index contributed by atoms with van der Waals surface area (Å²) in [5.41, 5.74) is 2.44. The molecule has 0 bridgehead atoms. The first-order valence-corrected chi connectivity index (χ1v) is 7.22. The monoisotopic (exact) mass is 288 g/mol. The van der Waals surface area contributed by atoms with Gasteiger partial charge < -0.3 is 4.90 Å². The predicted molar refractivity (Wildman–Crippen MR) is 76.9 cm³/mol. The molecule has 3 rings (SSSR count). The number of H-pyrrole nitrogens is 1. The zero-order valence-corrected chi connectivity index (χ0v) is 12.6. The molecular weight excluding hydrogens is 268 g/mol. The summed E-state index contributed by atoms with van der Waals surface area (Å²) in [5, 5.41) is 11.2. The number of nitrogens with one attached hydrogen (secondary N) is 1. The molecule has 1 aliphatic rings. The summed E-state index contributed by atoms with van der Waals surface area (Å²) >= 11 is 0. The van der Waals surface area contributed by atoms with Crippen molar-refractivity contribution in [1.29, 1.82) is 0 Å². The van der Waals surface area contributed by atoms with Crippen LogP contribution in [0.3, 0.4) is 0 Å². The van der Waals surface area contributed by atoms with Gasteiger partial charge in [0.15, 0.2) is 0 Å². The number of nitrogens with zero attached hydrogens (tertiary/aromatic N) is 5. The first-order chi connectivity index (χ1) is 10.1. The van der Waals surface area contributed by atoms with Crippen molar-refractivity contribution in [3.8, 4) is 0 Å². The Kier molecular flexibility index (Phi) is 3.48. The smallest absolute Gasteiger partial charge is 0.257 e. The normalized spacial score (nSPS) is 19.0. The molecule has 1 atom stereocenters. The average Bonchev–Trinajstić information content (AvgIpc) is 3.08. The van der Waals surface area contributed by atoms with Crippen LogP contribution in [-0.4, -0.2) is 48.9 Å². The number of carbonyl (C=O) groups is 1. The molecule has 2 aromatic rings. The third kappa shape index (κ3) is 2.43. The van der Waals surface area contributed by atoms with Crippen LogP contribution in [0.1, 0.15) is 46.3 Å². The average molecular weight is 288 g/mol. The van der Waals surface area contributed by atoms with Gasteiger partial charge in [-0.3, -0.25) is 14.6 Å². The SMILES string of the molecule is Cc1nn(C)c(C)c1C(=O)N1CCC[C@@H](c2ncn[nH]2)C1. The fourth-order valence-electron chi connectivity index (χ4n) is 3.04. The van der Waals surface area contributed by atoms with Gasteiger partial charge in [-0.15, -0.1) is 0 Å². The maximum Gasteiger partial charge on any atom is 0.257 e. The molecule has 7 heteroatoms. The first-order valence-electron chi connectivity index (χ1n) is 7.22. The van der Waals surface area contributed by atoms with E-state index in [4.69, 9.17) is 0 Å². The maximum atomic E-state index is 12.8. The van der Waals surface area contributed by atoms with E-state index < -0.39 is 0 Å². The number of piperidine rings is 1. The summed E-state index contributed by atoms with van der Waals surface area (Å²) in [6.07, 6.45) is 3.53. The minimum atomic E-state index is 0.0716. The van der Waals surface area contributed by atoms with Crippen LogP contribution < -0.4 is 0 Å². The second-order valence-electron chi connectivity index (χ2n) is 5.63. The lowest BCUT2D eigenvalue weighted by Gasteiger charge is -2.31. The molecule has 0 unspecified atom stereocenters. The minimum Gasteiger partial charge on any atom is -0.338 e. The van der Waals surface area contributed by atoms with Crippen LogP contribution in [0.2, 0.25) is 0 Å². The summed E-state index contributed by atoms with van der Waals surface area (Å²) in [4.78, 5) is 18.9. The molecule has 112 valence electrons. The molecule has 0 radical (unpaired) electrons. The number of carbonyl (C=O) groups excluding carboxylic acids is 1. The Labute approximate surface area is 123 Å². The summed E-state index contributed by atoms with van der Waals surface area (Å²) < 4.78 is 1.76. The van der Waals surface area contributed by atoms with Gasteiger partial charge in [0, 0.05) is 31.7 Å². The van der Waals surface area contributed by atoms with E-state index in [-0.39, 0.29) is 11.8 Å². The zero-order valence-electron chi connectivity index (χ0n) is 12.6. The van der Waals surface area contributed by atoms with E-state index >= 15 is 0 Å². The van der Waals surface area contributed by atoms with E-state index in [9.17, 15) is 4.79 Å². The summed E-state index contributed by atoms with van der Waals surface area (Å²) in [7, 11) is 1.87. The second-order valence-corrected chi connectivity index (χ2v) is 5.63. The van der Waals surface area contributed by atoms with E-state index in [0.29, 0.717) is 6.54 Å². The standard InChI is InChI=1S/C14H20N6O/c1-9-12(10(2)19(3)18-9)14(21)20-6-4-5-11(7-20)13-15-8-16-17-13/h8,11H,4-7H2,1-3H3,(H,15,16,17)/t11-/m1/s1. The lowest BCUT2D eigenvalue weighted by molar-refractivity contribution is 0.0703. The molecule has 0 aliphatic carbocycles. The van der Waals surface area contributed by atoms with Crippen molar-refractivity contribution in [2.45, 2.75) is 32.6 Å². The van der Waals surface area contributed by atoms with Crippen molar-refractivity contribution in [3.63, 3.8) is 0 Å². The van der Waals surface area contributed by atoms with Crippen molar-refractivity contribution in [2.75, 3.05) is 13.1 Å². The highest BCUT2D eigenvalue weighted by Gasteiger charge is 2.29. The maximum absolute atomic E-state index is 12.8. The van der Waals surface area contributed by atoms with Gasteiger partial charge in [-0.05, 0) is 26.7 Å². The van der Waals surface area contributed by atoms with Crippen LogP contribution in [-0.2, 0) is 7.05 Å². The molecule has 2 aromatic heterocycles. The van der Waals surface area contributed by atoms with Gasteiger partial charge in [0.1, 0.15) is 12.2 Å². The summed E-state index contributed by atoms with van der Waals surface area (Å²) in [6.45, 7) is 5.29. The van der Waals surface area contributed by atoms with Crippen LogP contribution >= 0.6 is 0 Å². The summed E-state index contributed by atoms with van der Waals surface area (Å²) in [5.74, 6) is 1.18. The van der Waals surface area contributed by atoms with Gasteiger partial charge in [0.25, 0.3) is 5.91 Å². The van der Waals surface area contributed by atoms with Crippen LogP contribution in [0, 0.1) is 13.8 Å². The van der Waals surface area contributed by atoms with Gasteiger partial charge in [-0.25, -0.2) is 4.98 Å². The highest BCUT2D eigenvalue weighted by atomic mass is 16.2. The fourth-order valence-corrected chi connectivity index (χ4v) is 3.04. The molecule has 1 saturated heterocycles. The lowest BCUT2D eigenvalue weighted by atomic mass is 9.96. The lowest BCUT2D eigenvalue weighted by Crippen LogP contribution is -2.39. The largest absolute Gasteiger partial charge is 0.338 e. The Balaban J connectivity index is 1.81. The zero-order chi connectivity index (χ0) is 15.0. The number of aromatic amines is 1. The second kappa shape index (κ2) is 5.31. The Morgan fingerprint density at radius 3 is 2.86 bits per heavy atom. The fraction of sp³-hybridized carbons (Fsp3) is 0.571. The Morgan fingerprint density at radius 1 is 1.43 bits per heavy atom. The van der Waals surface area contributed by atoms with Gasteiger partial charge in [0.05, 0.1) is 11.3 Å². The van der Waals surface area contributed by atoms with Gasteiger partial charge >= 0.3 is 0 Å².